The van der Waals surface area contributed by atoms with Crippen LogP contribution in [0, 0.1) is 0 Å². The summed E-state index contributed by atoms with van der Waals surface area (Å²) in [6.45, 7) is 1.11. The quantitative estimate of drug-likeness (QED) is 0.0636. The van der Waals surface area contributed by atoms with Gasteiger partial charge >= 0.3 is 6.36 Å². The van der Waals surface area contributed by atoms with Crippen LogP contribution in [0.4, 0.5) is 23.2 Å². The Bertz CT molecular complexity index is 2520. The van der Waals surface area contributed by atoms with Crippen LogP contribution in [-0.4, -0.2) is 117 Å². The number of aryl methyl sites for hydroxylation is 1. The van der Waals surface area contributed by atoms with Gasteiger partial charge in [-0.3, -0.25) is 43.8 Å². The Morgan fingerprint density at radius 1 is 0.955 bits per heavy atom. The first-order valence-electron chi connectivity index (χ1n) is 21.1. The lowest BCUT2D eigenvalue weighted by Gasteiger charge is -2.34. The minimum atomic E-state index is -4.85. The number of primary amides is 1. The first-order chi connectivity index (χ1) is 31.5. The number of hydrogen-bond acceptors (Lipinski definition) is 12. The van der Waals surface area contributed by atoms with Crippen LogP contribution in [0.3, 0.4) is 0 Å². The molecule has 66 heavy (non-hydrogen) atoms. The van der Waals surface area contributed by atoms with Crippen molar-refractivity contribution in [2.24, 2.45) is 5.73 Å². The minimum Gasteiger partial charge on any atom is -0.471 e. The number of ether oxygens (including phenoxy) is 2. The summed E-state index contributed by atoms with van der Waals surface area (Å²) in [7, 11) is 0. The van der Waals surface area contributed by atoms with Gasteiger partial charge in [0.2, 0.25) is 29.5 Å². The van der Waals surface area contributed by atoms with Gasteiger partial charge in [0.25, 0.3) is 17.7 Å². The number of anilines is 1. The van der Waals surface area contributed by atoms with Gasteiger partial charge in [0.1, 0.15) is 23.5 Å². The molecule has 0 radical (unpaired) electrons. The molecule has 2 aromatic heterocycles. The third kappa shape index (κ3) is 11.3. The number of nitrogens with two attached hydrogens (primary N) is 1. The van der Waals surface area contributed by atoms with Crippen molar-refractivity contribution >= 4 is 47.0 Å². The van der Waals surface area contributed by atoms with Crippen LogP contribution < -0.4 is 31.2 Å². The number of likely N-dealkylation sites (tertiary alicyclic amines) is 1. The molecule has 4 aromatic rings. The van der Waals surface area contributed by atoms with Crippen molar-refractivity contribution in [3.05, 3.63) is 89.5 Å². The van der Waals surface area contributed by atoms with Gasteiger partial charge in [-0.15, -0.1) is 13.2 Å². The average molecular weight is 920 g/mol. The Balaban J connectivity index is 0.813. The van der Waals surface area contributed by atoms with E-state index in [0.29, 0.717) is 61.4 Å². The van der Waals surface area contributed by atoms with Gasteiger partial charge in [-0.05, 0) is 61.6 Å². The van der Waals surface area contributed by atoms with E-state index in [-0.39, 0.29) is 73.7 Å². The fraction of sp³-hybridized carbons (Fsp3) is 0.386. The molecular formula is C44H45F4N9O9. The fourth-order valence-corrected chi connectivity index (χ4v) is 7.85. The number of imide groups is 2. The predicted molar refractivity (Wildman–Crippen MR) is 224 cm³/mol. The molecule has 22 heteroatoms. The molecule has 0 spiro atoms. The van der Waals surface area contributed by atoms with E-state index in [0.717, 1.165) is 17.0 Å². The second kappa shape index (κ2) is 20.2. The maximum atomic E-state index is 15.3. The lowest BCUT2D eigenvalue weighted by atomic mass is 10.0. The van der Waals surface area contributed by atoms with Gasteiger partial charge in [-0.2, -0.15) is 0 Å². The van der Waals surface area contributed by atoms with Gasteiger partial charge < -0.3 is 35.3 Å². The lowest BCUT2D eigenvalue weighted by Crippen LogP contribution is -2.54. The number of aromatic nitrogens is 3. The zero-order valence-electron chi connectivity index (χ0n) is 35.3. The molecule has 5 heterocycles. The maximum Gasteiger partial charge on any atom is 0.573 e. The highest BCUT2D eigenvalue weighted by Crippen LogP contribution is 2.33. The number of piperidine rings is 2. The number of unbranched alkanes of at least 4 members (excludes halogenated alkanes) is 1. The number of hydrogen-bond donors (Lipinski definition) is 4. The molecule has 0 bridgehead atoms. The van der Waals surface area contributed by atoms with E-state index in [1.807, 2.05) is 0 Å². The van der Waals surface area contributed by atoms with E-state index < -0.39 is 65.9 Å². The lowest BCUT2D eigenvalue weighted by molar-refractivity contribution is -0.274. The van der Waals surface area contributed by atoms with Crippen LogP contribution in [0.1, 0.15) is 81.6 Å². The number of benzene rings is 2. The zero-order valence-corrected chi connectivity index (χ0v) is 35.3. The van der Waals surface area contributed by atoms with E-state index in [2.05, 4.69) is 30.7 Å². The van der Waals surface area contributed by atoms with Crippen LogP contribution in [0.15, 0.2) is 67.3 Å². The summed E-state index contributed by atoms with van der Waals surface area (Å²) in [6.07, 6.45) is -0.899. The topological polar surface area (TPSA) is 237 Å². The third-order valence-corrected chi connectivity index (χ3v) is 11.2. The number of nitrogens with one attached hydrogen (secondary N) is 3. The van der Waals surface area contributed by atoms with Gasteiger partial charge in [0.05, 0.1) is 36.1 Å². The molecular weight excluding hydrogens is 875 g/mol. The molecule has 3 atom stereocenters. The number of alkyl halides is 4. The van der Waals surface area contributed by atoms with Crippen molar-refractivity contribution in [3.8, 4) is 22.9 Å². The molecule has 7 amide bonds. The van der Waals surface area contributed by atoms with E-state index in [9.17, 15) is 46.7 Å². The molecule has 2 aromatic carbocycles. The molecule has 1 unspecified atom stereocenters. The van der Waals surface area contributed by atoms with Crippen LogP contribution in [0.5, 0.6) is 11.6 Å². The number of carbonyl (C=O) groups excluding carboxylic acids is 7. The van der Waals surface area contributed by atoms with Crippen molar-refractivity contribution in [1.82, 2.24) is 35.0 Å². The first kappa shape index (κ1) is 46.6. The summed E-state index contributed by atoms with van der Waals surface area (Å²) < 4.78 is 64.1. The summed E-state index contributed by atoms with van der Waals surface area (Å²) in [5.74, 6) is -4.38. The van der Waals surface area contributed by atoms with Crippen molar-refractivity contribution in [1.29, 1.82) is 0 Å². The molecule has 5 N–H and O–H groups in total. The number of fused-ring (bicyclic) bond motifs is 1. The first-order valence-corrected chi connectivity index (χ1v) is 21.1. The molecule has 0 aliphatic carbocycles. The third-order valence-electron chi connectivity index (χ3n) is 11.2. The summed E-state index contributed by atoms with van der Waals surface area (Å²) in [6, 6.07) is 10.0. The number of halogens is 4. The second-order valence-corrected chi connectivity index (χ2v) is 15.9. The number of pyridine rings is 1. The minimum absolute atomic E-state index is 0.0268. The second-order valence-electron chi connectivity index (χ2n) is 15.9. The summed E-state index contributed by atoms with van der Waals surface area (Å²) in [5.41, 5.74) is 7.65. The SMILES string of the molecule is NC(=O)c1cc(-c2cn(CCCC(=O)NCCCCNc3cccc4c3C(=O)N(C3CCC(=O)NC3=O)C4=O)cn2)cnc1O[C@@H]1CCN(C(=O)Cc2ccc(OC(F)(F)F)cc2)C[C@H]1F. The largest absolute Gasteiger partial charge is 0.573 e. The van der Waals surface area contributed by atoms with Gasteiger partial charge in [-0.1, -0.05) is 18.2 Å². The van der Waals surface area contributed by atoms with Crippen LogP contribution in [-0.2, 0) is 32.1 Å². The Labute approximate surface area is 374 Å². The zero-order chi connectivity index (χ0) is 47.1. The van der Waals surface area contributed by atoms with Crippen LogP contribution in [0.25, 0.3) is 11.3 Å². The molecule has 2 saturated heterocycles. The Hall–Kier alpha value is -7.39. The maximum absolute atomic E-state index is 15.3. The number of imidazole rings is 1. The predicted octanol–water partition coefficient (Wildman–Crippen LogP) is 3.69. The highest BCUT2D eigenvalue weighted by atomic mass is 19.4. The fourth-order valence-electron chi connectivity index (χ4n) is 7.85. The Morgan fingerprint density at radius 3 is 2.45 bits per heavy atom. The van der Waals surface area contributed by atoms with E-state index in [4.69, 9.17) is 10.5 Å². The van der Waals surface area contributed by atoms with E-state index in [1.165, 1.54) is 35.4 Å². The van der Waals surface area contributed by atoms with E-state index in [1.54, 1.807) is 29.2 Å². The highest BCUT2D eigenvalue weighted by Gasteiger charge is 2.45. The average Bonchev–Trinajstić information content (AvgIpc) is 3.84. The van der Waals surface area contributed by atoms with Crippen molar-refractivity contribution in [2.45, 2.75) is 82.6 Å². The summed E-state index contributed by atoms with van der Waals surface area (Å²) in [5, 5.41) is 8.25. The van der Waals surface area contributed by atoms with Gasteiger partial charge in [0, 0.05) is 69.1 Å². The number of carbonyl (C=O) groups is 7. The molecule has 7 rings (SSSR count). The summed E-state index contributed by atoms with van der Waals surface area (Å²) >= 11 is 0. The normalized spacial score (nSPS) is 18.5. The molecule has 18 nitrogen and oxygen atoms in total. The van der Waals surface area contributed by atoms with Crippen molar-refractivity contribution in [2.75, 3.05) is 31.5 Å². The van der Waals surface area contributed by atoms with E-state index >= 15 is 4.39 Å². The number of nitrogens with zero attached hydrogens (tertiary/aromatic N) is 5. The van der Waals surface area contributed by atoms with Crippen LogP contribution >= 0.6 is 0 Å². The number of amides is 7. The van der Waals surface area contributed by atoms with Crippen molar-refractivity contribution < 1.29 is 60.6 Å². The monoisotopic (exact) mass is 919 g/mol. The smallest absolute Gasteiger partial charge is 0.471 e. The molecule has 3 aliphatic heterocycles. The highest BCUT2D eigenvalue weighted by molar-refractivity contribution is 6.25. The standard InChI is InChI=1S/C44H45F4N9O9/c45-30-22-56(37(60)19-25-8-10-27(11-9-25)66-44(46,47)48)18-14-34(30)65-41-29(39(49)61)20-26(21-52-41)32-23-55(24-53-32)17-4-7-35(58)51-16-2-1-15-50-31-6-3-5-28-38(31)43(64)57(42(28)63)33-12-13-36(59)54-40(33)62/h3,5-6,8-11,20-21,23-24,30,33-34,50H,1-2,4,7,12-19,22H2,(H2,49,61)(H,51,58)(H,54,59,62)/t30-,33?,34-/m1/s1. The van der Waals surface area contributed by atoms with Crippen LogP contribution in [0.2, 0.25) is 0 Å². The van der Waals surface area contributed by atoms with Crippen molar-refractivity contribution in [3.63, 3.8) is 0 Å². The Morgan fingerprint density at radius 2 is 1.73 bits per heavy atom. The molecule has 2 fully saturated rings. The molecule has 3 aliphatic rings. The number of rotatable bonds is 18. The molecule has 348 valence electrons. The van der Waals surface area contributed by atoms with Gasteiger partial charge in [-0.25, -0.2) is 14.4 Å². The summed E-state index contributed by atoms with van der Waals surface area (Å²) in [4.78, 5) is 99.0. The Kier molecular flexibility index (Phi) is 14.3. The van der Waals surface area contributed by atoms with Gasteiger partial charge in [0.15, 0.2) is 6.17 Å². The molecule has 0 saturated carbocycles.